The van der Waals surface area contributed by atoms with Crippen molar-refractivity contribution >= 4 is 45.9 Å². The molecule has 0 radical (unpaired) electrons. The number of hydrogen-bond acceptors (Lipinski definition) is 3. The number of hydrazone groups is 1. The standard InChI is InChI=1S/C24H18Cl2N2O/c25-22-12-11-19(14-23(22)26)28-27-15-21-20-9-5-4-8-18(20)10-13-24(21)29-16-17-6-2-1-3-7-17/h1-15,28H,16H2. The minimum absolute atomic E-state index is 0.476. The highest BCUT2D eigenvalue weighted by atomic mass is 35.5. The van der Waals surface area contributed by atoms with Crippen molar-refractivity contribution in [1.29, 1.82) is 0 Å². The molecule has 3 nitrogen and oxygen atoms in total. The summed E-state index contributed by atoms with van der Waals surface area (Å²) in [5.41, 5.74) is 5.77. The Morgan fingerprint density at radius 2 is 1.62 bits per heavy atom. The van der Waals surface area contributed by atoms with Gasteiger partial charge in [0.1, 0.15) is 12.4 Å². The van der Waals surface area contributed by atoms with Gasteiger partial charge in [0.2, 0.25) is 0 Å². The van der Waals surface area contributed by atoms with Gasteiger partial charge in [-0.25, -0.2) is 0 Å². The van der Waals surface area contributed by atoms with Crippen LogP contribution in [0.4, 0.5) is 5.69 Å². The summed E-state index contributed by atoms with van der Waals surface area (Å²) in [6, 6.07) is 27.6. The molecule has 0 saturated carbocycles. The lowest BCUT2D eigenvalue weighted by molar-refractivity contribution is 0.306. The summed E-state index contributed by atoms with van der Waals surface area (Å²) in [4.78, 5) is 0. The van der Waals surface area contributed by atoms with Crippen LogP contribution in [0.2, 0.25) is 10.0 Å². The van der Waals surface area contributed by atoms with Gasteiger partial charge >= 0.3 is 0 Å². The lowest BCUT2D eigenvalue weighted by atomic mass is 10.0. The number of nitrogens with one attached hydrogen (secondary N) is 1. The Kier molecular flexibility index (Phi) is 5.99. The Balaban J connectivity index is 1.62. The lowest BCUT2D eigenvalue weighted by Crippen LogP contribution is -2.00. The molecule has 0 aliphatic heterocycles. The van der Waals surface area contributed by atoms with Gasteiger partial charge in [-0.1, -0.05) is 83.9 Å². The Morgan fingerprint density at radius 3 is 2.45 bits per heavy atom. The summed E-state index contributed by atoms with van der Waals surface area (Å²) in [7, 11) is 0. The van der Waals surface area contributed by atoms with E-state index in [1.807, 2.05) is 54.6 Å². The van der Waals surface area contributed by atoms with Crippen LogP contribution in [-0.4, -0.2) is 6.21 Å². The van der Waals surface area contributed by atoms with Crippen molar-refractivity contribution in [2.45, 2.75) is 6.61 Å². The molecule has 0 aromatic heterocycles. The zero-order chi connectivity index (χ0) is 20.1. The highest BCUT2D eigenvalue weighted by molar-refractivity contribution is 6.42. The van der Waals surface area contributed by atoms with Gasteiger partial charge in [-0.15, -0.1) is 0 Å². The smallest absolute Gasteiger partial charge is 0.129 e. The lowest BCUT2D eigenvalue weighted by Gasteiger charge is -2.12. The Morgan fingerprint density at radius 1 is 0.828 bits per heavy atom. The summed E-state index contributed by atoms with van der Waals surface area (Å²) >= 11 is 12.0. The summed E-state index contributed by atoms with van der Waals surface area (Å²) in [5.74, 6) is 0.771. The van der Waals surface area contributed by atoms with E-state index >= 15 is 0 Å². The molecule has 0 fully saturated rings. The highest BCUT2D eigenvalue weighted by Crippen LogP contribution is 2.28. The molecule has 4 rings (SSSR count). The van der Waals surface area contributed by atoms with Crippen molar-refractivity contribution in [2.24, 2.45) is 5.10 Å². The largest absolute Gasteiger partial charge is 0.488 e. The van der Waals surface area contributed by atoms with Crippen molar-refractivity contribution in [3.05, 3.63) is 106 Å². The van der Waals surface area contributed by atoms with Gasteiger partial charge in [0, 0.05) is 5.56 Å². The summed E-state index contributed by atoms with van der Waals surface area (Å²) < 4.78 is 6.11. The van der Waals surface area contributed by atoms with Crippen molar-refractivity contribution in [3.8, 4) is 5.75 Å². The highest BCUT2D eigenvalue weighted by Gasteiger charge is 2.08. The van der Waals surface area contributed by atoms with Crippen LogP contribution < -0.4 is 10.2 Å². The fraction of sp³-hybridized carbons (Fsp3) is 0.0417. The maximum atomic E-state index is 6.11. The van der Waals surface area contributed by atoms with Gasteiger partial charge in [0.25, 0.3) is 0 Å². The molecule has 1 N–H and O–H groups in total. The third-order valence-electron chi connectivity index (χ3n) is 4.47. The van der Waals surface area contributed by atoms with Gasteiger partial charge in [0.15, 0.2) is 0 Å². The van der Waals surface area contributed by atoms with Crippen molar-refractivity contribution in [3.63, 3.8) is 0 Å². The molecule has 0 amide bonds. The number of anilines is 1. The van der Waals surface area contributed by atoms with E-state index in [9.17, 15) is 0 Å². The van der Waals surface area contributed by atoms with E-state index in [1.54, 1.807) is 18.3 Å². The predicted octanol–water partition coefficient (Wildman–Crippen LogP) is 7.17. The zero-order valence-electron chi connectivity index (χ0n) is 15.5. The van der Waals surface area contributed by atoms with Crippen LogP contribution in [0.5, 0.6) is 5.75 Å². The molecule has 4 aromatic carbocycles. The second-order valence-corrected chi connectivity index (χ2v) is 7.29. The number of hydrogen-bond donors (Lipinski definition) is 1. The van der Waals surface area contributed by atoms with Crippen LogP contribution in [0, 0.1) is 0 Å². The molecule has 0 aliphatic rings. The first-order chi connectivity index (χ1) is 14.2. The molecule has 0 bridgehead atoms. The summed E-state index contributed by atoms with van der Waals surface area (Å²) in [5, 5.41) is 7.56. The molecule has 0 aliphatic carbocycles. The molecular weight excluding hydrogens is 403 g/mol. The minimum atomic E-state index is 0.476. The minimum Gasteiger partial charge on any atom is -0.488 e. The van der Waals surface area contributed by atoms with E-state index in [0.29, 0.717) is 16.7 Å². The van der Waals surface area contributed by atoms with Crippen LogP contribution >= 0.6 is 23.2 Å². The molecule has 0 saturated heterocycles. The third kappa shape index (κ3) is 4.70. The van der Waals surface area contributed by atoms with Crippen molar-refractivity contribution in [1.82, 2.24) is 0 Å². The van der Waals surface area contributed by atoms with Gasteiger partial charge in [0.05, 0.1) is 21.9 Å². The monoisotopic (exact) mass is 420 g/mol. The second kappa shape index (κ2) is 8.99. The fourth-order valence-corrected chi connectivity index (χ4v) is 3.31. The van der Waals surface area contributed by atoms with E-state index in [2.05, 4.69) is 28.7 Å². The first-order valence-electron chi connectivity index (χ1n) is 9.13. The summed E-state index contributed by atoms with van der Waals surface area (Å²) in [6.45, 7) is 0.486. The SMILES string of the molecule is Clc1ccc(NN=Cc2c(OCc3ccccc3)ccc3ccccc23)cc1Cl. The van der Waals surface area contributed by atoms with Crippen molar-refractivity contribution in [2.75, 3.05) is 5.43 Å². The topological polar surface area (TPSA) is 33.6 Å². The molecule has 0 unspecified atom stereocenters. The second-order valence-electron chi connectivity index (χ2n) is 6.47. The number of rotatable bonds is 6. The quantitative estimate of drug-likeness (QED) is 0.264. The van der Waals surface area contributed by atoms with E-state index in [-0.39, 0.29) is 0 Å². The Bertz CT molecular complexity index is 1160. The first-order valence-corrected chi connectivity index (χ1v) is 9.89. The Labute approximate surface area is 179 Å². The van der Waals surface area contributed by atoms with E-state index in [4.69, 9.17) is 27.9 Å². The first kappa shape index (κ1) is 19.3. The van der Waals surface area contributed by atoms with Crippen LogP contribution in [0.15, 0.2) is 90.0 Å². The predicted molar refractivity (Wildman–Crippen MR) is 122 cm³/mol. The van der Waals surface area contributed by atoms with Crippen LogP contribution in [-0.2, 0) is 6.61 Å². The number of ether oxygens (including phenoxy) is 1. The van der Waals surface area contributed by atoms with Crippen LogP contribution in [0.3, 0.4) is 0 Å². The van der Waals surface area contributed by atoms with Crippen LogP contribution in [0.1, 0.15) is 11.1 Å². The van der Waals surface area contributed by atoms with Gasteiger partial charge in [-0.05, 0) is 40.6 Å². The molecule has 0 heterocycles. The van der Waals surface area contributed by atoms with E-state index in [1.165, 1.54) is 0 Å². The summed E-state index contributed by atoms with van der Waals surface area (Å²) in [6.07, 6.45) is 1.77. The van der Waals surface area contributed by atoms with E-state index < -0.39 is 0 Å². The Hall–Kier alpha value is -3.01. The molecule has 5 heteroatoms. The molecule has 144 valence electrons. The fourth-order valence-electron chi connectivity index (χ4n) is 3.01. The average Bonchev–Trinajstić information content (AvgIpc) is 2.76. The van der Waals surface area contributed by atoms with Gasteiger partial charge < -0.3 is 4.74 Å². The number of nitrogens with zero attached hydrogens (tertiary/aromatic N) is 1. The maximum absolute atomic E-state index is 6.11. The number of benzene rings is 4. The molecule has 29 heavy (non-hydrogen) atoms. The molecule has 0 spiro atoms. The number of halogens is 2. The third-order valence-corrected chi connectivity index (χ3v) is 5.21. The zero-order valence-corrected chi connectivity index (χ0v) is 17.0. The van der Waals surface area contributed by atoms with E-state index in [0.717, 1.165) is 33.3 Å². The van der Waals surface area contributed by atoms with Gasteiger partial charge in [-0.2, -0.15) is 5.10 Å². The average molecular weight is 421 g/mol. The number of fused-ring (bicyclic) bond motifs is 1. The van der Waals surface area contributed by atoms with Crippen molar-refractivity contribution < 1.29 is 4.74 Å². The maximum Gasteiger partial charge on any atom is 0.129 e. The molecule has 0 atom stereocenters. The van der Waals surface area contributed by atoms with Gasteiger partial charge in [-0.3, -0.25) is 5.43 Å². The van der Waals surface area contributed by atoms with Crippen LogP contribution in [0.25, 0.3) is 10.8 Å². The molecular formula is C24H18Cl2N2O. The normalized spacial score (nSPS) is 11.1. The molecule has 4 aromatic rings.